The molecule has 1 saturated heterocycles. The molecule has 2 aromatic heterocycles. The van der Waals surface area contributed by atoms with E-state index in [1.165, 1.54) is 6.42 Å². The van der Waals surface area contributed by atoms with Crippen LogP contribution in [0.15, 0.2) is 10.6 Å². The van der Waals surface area contributed by atoms with Gasteiger partial charge in [0.2, 0.25) is 0 Å². The van der Waals surface area contributed by atoms with Crippen molar-refractivity contribution in [3.05, 3.63) is 29.2 Å². The number of aromatic nitrogens is 4. The van der Waals surface area contributed by atoms with Gasteiger partial charge in [0.15, 0.2) is 0 Å². The third kappa shape index (κ3) is 2.28. The van der Waals surface area contributed by atoms with Crippen molar-refractivity contribution >= 4 is 0 Å². The average molecular weight is 261 g/mol. The zero-order valence-corrected chi connectivity index (χ0v) is 11.6. The van der Waals surface area contributed by atoms with Crippen molar-refractivity contribution in [1.29, 1.82) is 0 Å². The van der Waals surface area contributed by atoms with Gasteiger partial charge in [-0.2, -0.15) is 0 Å². The highest BCUT2D eigenvalue weighted by Crippen LogP contribution is 2.32. The summed E-state index contributed by atoms with van der Waals surface area (Å²) in [5.41, 5.74) is 1.04. The maximum absolute atomic E-state index is 5.19. The Morgan fingerprint density at radius 3 is 2.84 bits per heavy atom. The van der Waals surface area contributed by atoms with E-state index in [1.54, 1.807) is 0 Å². The molecule has 3 rings (SSSR count). The molecule has 102 valence electrons. The van der Waals surface area contributed by atoms with Crippen LogP contribution in [-0.4, -0.2) is 31.4 Å². The topological polar surface area (TPSA) is 60.0 Å². The Bertz CT molecular complexity index is 573. The zero-order valence-electron chi connectivity index (χ0n) is 11.6. The van der Waals surface area contributed by atoms with Crippen LogP contribution >= 0.6 is 0 Å². The molecule has 2 aromatic rings. The molecule has 1 aliphatic rings. The highest BCUT2D eigenvalue weighted by Gasteiger charge is 2.29. The average Bonchev–Trinajstić information content (AvgIpc) is 3.07. The SMILES string of the molecule is Cc1cc(C2CCCN2Cc2nnc(C)n2C)no1. The minimum atomic E-state index is 0.342. The molecule has 0 aromatic carbocycles. The fourth-order valence-corrected chi connectivity index (χ4v) is 2.66. The largest absolute Gasteiger partial charge is 0.361 e. The molecular formula is C13H19N5O. The summed E-state index contributed by atoms with van der Waals surface area (Å²) in [5, 5.41) is 12.5. The minimum Gasteiger partial charge on any atom is -0.361 e. The highest BCUT2D eigenvalue weighted by atomic mass is 16.5. The molecule has 6 nitrogen and oxygen atoms in total. The van der Waals surface area contributed by atoms with Gasteiger partial charge >= 0.3 is 0 Å². The molecule has 3 heterocycles. The van der Waals surface area contributed by atoms with E-state index in [9.17, 15) is 0 Å². The van der Waals surface area contributed by atoms with Crippen LogP contribution in [-0.2, 0) is 13.6 Å². The van der Waals surface area contributed by atoms with Crippen molar-refractivity contribution in [1.82, 2.24) is 24.8 Å². The van der Waals surface area contributed by atoms with Crippen molar-refractivity contribution in [3.8, 4) is 0 Å². The Hall–Kier alpha value is -1.69. The van der Waals surface area contributed by atoms with Crippen molar-refractivity contribution in [2.45, 2.75) is 39.3 Å². The summed E-state index contributed by atoms with van der Waals surface area (Å²) in [6, 6.07) is 2.37. The second-order valence-electron chi connectivity index (χ2n) is 5.21. The van der Waals surface area contributed by atoms with E-state index in [0.717, 1.165) is 42.6 Å². The molecule has 1 atom stereocenters. The second kappa shape index (κ2) is 4.77. The Balaban J connectivity index is 1.78. The van der Waals surface area contributed by atoms with Crippen LogP contribution in [0.2, 0.25) is 0 Å². The van der Waals surface area contributed by atoms with Gasteiger partial charge in [-0.3, -0.25) is 4.90 Å². The Labute approximate surface area is 112 Å². The van der Waals surface area contributed by atoms with Gasteiger partial charge in [-0.05, 0) is 33.2 Å². The number of hydrogen-bond donors (Lipinski definition) is 0. The van der Waals surface area contributed by atoms with E-state index in [4.69, 9.17) is 4.52 Å². The van der Waals surface area contributed by atoms with Crippen LogP contribution in [0.25, 0.3) is 0 Å². The molecule has 1 unspecified atom stereocenters. The molecule has 19 heavy (non-hydrogen) atoms. The van der Waals surface area contributed by atoms with E-state index in [1.807, 2.05) is 31.5 Å². The summed E-state index contributed by atoms with van der Waals surface area (Å²) >= 11 is 0. The predicted octanol–water partition coefficient (Wildman–Crippen LogP) is 1.76. The molecule has 1 aliphatic heterocycles. The minimum absolute atomic E-state index is 0.342. The van der Waals surface area contributed by atoms with Gasteiger partial charge < -0.3 is 9.09 Å². The smallest absolute Gasteiger partial charge is 0.146 e. The first-order valence-electron chi connectivity index (χ1n) is 6.67. The number of nitrogens with zero attached hydrogens (tertiary/aromatic N) is 5. The molecular weight excluding hydrogens is 242 g/mol. The lowest BCUT2D eigenvalue weighted by molar-refractivity contribution is 0.228. The monoisotopic (exact) mass is 261 g/mol. The van der Waals surface area contributed by atoms with Gasteiger partial charge in [-0.25, -0.2) is 0 Å². The first-order valence-corrected chi connectivity index (χ1v) is 6.67. The van der Waals surface area contributed by atoms with Gasteiger partial charge in [0.25, 0.3) is 0 Å². The first-order chi connectivity index (χ1) is 9.15. The normalized spacial score (nSPS) is 20.3. The van der Waals surface area contributed by atoms with Crippen LogP contribution < -0.4 is 0 Å². The van der Waals surface area contributed by atoms with Crippen LogP contribution in [0.1, 0.15) is 42.0 Å². The molecule has 6 heteroatoms. The molecule has 0 bridgehead atoms. The Morgan fingerprint density at radius 2 is 2.21 bits per heavy atom. The van der Waals surface area contributed by atoms with Gasteiger partial charge in [0.1, 0.15) is 23.1 Å². The molecule has 0 spiro atoms. The molecule has 0 N–H and O–H groups in total. The van der Waals surface area contributed by atoms with E-state index >= 15 is 0 Å². The number of likely N-dealkylation sites (tertiary alicyclic amines) is 1. The third-order valence-corrected chi connectivity index (χ3v) is 3.88. The van der Waals surface area contributed by atoms with Crippen LogP contribution in [0, 0.1) is 13.8 Å². The van der Waals surface area contributed by atoms with Gasteiger partial charge in [-0.15, -0.1) is 10.2 Å². The summed E-state index contributed by atoms with van der Waals surface area (Å²) in [4.78, 5) is 2.40. The summed E-state index contributed by atoms with van der Waals surface area (Å²) in [6.07, 6.45) is 2.32. The Kier molecular flexibility index (Phi) is 3.10. The maximum Gasteiger partial charge on any atom is 0.146 e. The summed E-state index contributed by atoms with van der Waals surface area (Å²) in [5.74, 6) is 2.82. The number of rotatable bonds is 3. The van der Waals surface area contributed by atoms with E-state index in [2.05, 4.69) is 20.3 Å². The van der Waals surface area contributed by atoms with E-state index in [-0.39, 0.29) is 0 Å². The Morgan fingerprint density at radius 1 is 1.37 bits per heavy atom. The molecule has 0 radical (unpaired) electrons. The quantitative estimate of drug-likeness (QED) is 0.842. The fourth-order valence-electron chi connectivity index (χ4n) is 2.66. The zero-order chi connectivity index (χ0) is 13.4. The first kappa shape index (κ1) is 12.3. The standard InChI is InChI=1S/C13H19N5O/c1-9-7-11(16-19-9)12-5-4-6-18(12)8-13-15-14-10(2)17(13)3/h7,12H,4-6,8H2,1-3H3. The lowest BCUT2D eigenvalue weighted by atomic mass is 10.1. The number of aryl methyl sites for hydroxylation is 2. The number of hydrogen-bond acceptors (Lipinski definition) is 5. The second-order valence-corrected chi connectivity index (χ2v) is 5.21. The van der Waals surface area contributed by atoms with Crippen LogP contribution in [0.4, 0.5) is 0 Å². The summed E-state index contributed by atoms with van der Waals surface area (Å²) < 4.78 is 7.24. The fraction of sp³-hybridized carbons (Fsp3) is 0.615. The molecule has 0 aliphatic carbocycles. The van der Waals surface area contributed by atoms with Crippen molar-refractivity contribution in [3.63, 3.8) is 0 Å². The molecule has 1 fully saturated rings. The molecule has 0 saturated carbocycles. The maximum atomic E-state index is 5.19. The highest BCUT2D eigenvalue weighted by molar-refractivity contribution is 5.11. The van der Waals surface area contributed by atoms with Gasteiger partial charge in [-0.1, -0.05) is 5.16 Å². The van der Waals surface area contributed by atoms with Crippen molar-refractivity contribution in [2.24, 2.45) is 7.05 Å². The van der Waals surface area contributed by atoms with Gasteiger partial charge in [0, 0.05) is 13.1 Å². The lowest BCUT2D eigenvalue weighted by Gasteiger charge is -2.21. The van der Waals surface area contributed by atoms with Crippen molar-refractivity contribution in [2.75, 3.05) is 6.54 Å². The summed E-state index contributed by atoms with van der Waals surface area (Å²) in [7, 11) is 2.01. The van der Waals surface area contributed by atoms with Crippen LogP contribution in [0.5, 0.6) is 0 Å². The van der Waals surface area contributed by atoms with Crippen molar-refractivity contribution < 1.29 is 4.52 Å². The molecule has 0 amide bonds. The predicted molar refractivity (Wildman–Crippen MR) is 69.4 cm³/mol. The van der Waals surface area contributed by atoms with Crippen LogP contribution in [0.3, 0.4) is 0 Å². The third-order valence-electron chi connectivity index (χ3n) is 3.88. The van der Waals surface area contributed by atoms with Gasteiger partial charge in [0.05, 0.1) is 12.6 Å². The van der Waals surface area contributed by atoms with E-state index < -0.39 is 0 Å². The summed E-state index contributed by atoms with van der Waals surface area (Å²) in [6.45, 7) is 5.79. The van der Waals surface area contributed by atoms with E-state index in [0.29, 0.717) is 6.04 Å². The lowest BCUT2D eigenvalue weighted by Crippen LogP contribution is -2.24.